The van der Waals surface area contributed by atoms with Crippen molar-refractivity contribution in [1.29, 1.82) is 0 Å². The summed E-state index contributed by atoms with van der Waals surface area (Å²) >= 11 is 0. The molecule has 1 aromatic carbocycles. The van der Waals surface area contributed by atoms with E-state index in [9.17, 15) is 9.59 Å². The molecule has 6 nitrogen and oxygen atoms in total. The number of amides is 1. The average molecular weight is 285 g/mol. The number of carboxylic acid groups (broad SMARTS) is 1. The summed E-state index contributed by atoms with van der Waals surface area (Å²) < 4.78 is 0. The number of anilines is 2. The van der Waals surface area contributed by atoms with Gasteiger partial charge in [0.05, 0.1) is 11.1 Å². The Morgan fingerprint density at radius 3 is 2.29 bits per heavy atom. The number of hydrogen-bond acceptors (Lipinski definition) is 4. The fourth-order valence-electron chi connectivity index (χ4n) is 1.94. The molecule has 0 fully saturated rings. The summed E-state index contributed by atoms with van der Waals surface area (Å²) in [5, 5.41) is 8.90. The zero-order chi connectivity index (χ0) is 15.6. The fraction of sp³-hybridized carbons (Fsp3) is 0.133. The van der Waals surface area contributed by atoms with Gasteiger partial charge >= 0.3 is 5.97 Å². The molecule has 0 radical (unpaired) electrons. The van der Waals surface area contributed by atoms with E-state index in [4.69, 9.17) is 10.8 Å². The summed E-state index contributed by atoms with van der Waals surface area (Å²) in [6.45, 7) is 1.82. The van der Waals surface area contributed by atoms with Crippen LogP contribution in [0, 0.1) is 6.92 Å². The summed E-state index contributed by atoms with van der Waals surface area (Å²) in [6.07, 6.45) is 0. The summed E-state index contributed by atoms with van der Waals surface area (Å²) in [7, 11) is 1.74. The Kier molecular flexibility index (Phi) is 3.89. The first kappa shape index (κ1) is 14.5. The van der Waals surface area contributed by atoms with Crippen LogP contribution in [0.1, 0.15) is 26.4 Å². The molecule has 0 aliphatic heterocycles. The summed E-state index contributed by atoms with van der Waals surface area (Å²) in [5.41, 5.74) is 7.33. The number of hydrogen-bond donors (Lipinski definition) is 2. The Morgan fingerprint density at radius 1 is 1.14 bits per heavy atom. The highest BCUT2D eigenvalue weighted by molar-refractivity contribution is 5.98. The first-order valence-electron chi connectivity index (χ1n) is 6.24. The normalized spacial score (nSPS) is 10.2. The summed E-state index contributed by atoms with van der Waals surface area (Å²) in [6, 6.07) is 9.63. The first-order valence-corrected chi connectivity index (χ1v) is 6.24. The van der Waals surface area contributed by atoms with Gasteiger partial charge in [-0.1, -0.05) is 0 Å². The number of aromatic nitrogens is 1. The van der Waals surface area contributed by atoms with Crippen LogP contribution in [-0.2, 0) is 0 Å². The Bertz CT molecular complexity index is 696. The second-order valence-electron chi connectivity index (χ2n) is 4.60. The van der Waals surface area contributed by atoms with Crippen molar-refractivity contribution in [2.75, 3.05) is 11.9 Å². The van der Waals surface area contributed by atoms with Crippen LogP contribution in [0.3, 0.4) is 0 Å². The van der Waals surface area contributed by atoms with Gasteiger partial charge in [-0.05, 0) is 43.3 Å². The molecule has 0 aliphatic rings. The largest absolute Gasteiger partial charge is 0.478 e. The van der Waals surface area contributed by atoms with Crippen molar-refractivity contribution >= 4 is 23.4 Å². The summed E-state index contributed by atoms with van der Waals surface area (Å²) in [5.74, 6) is -1.12. The molecule has 21 heavy (non-hydrogen) atoms. The molecule has 1 aromatic heterocycles. The van der Waals surface area contributed by atoms with Crippen molar-refractivity contribution in [3.8, 4) is 0 Å². The van der Waals surface area contributed by atoms with E-state index >= 15 is 0 Å². The van der Waals surface area contributed by atoms with Gasteiger partial charge in [0, 0.05) is 18.4 Å². The number of nitrogens with zero attached hydrogens (tertiary/aromatic N) is 2. The fourth-order valence-corrected chi connectivity index (χ4v) is 1.94. The number of aryl methyl sites for hydroxylation is 1. The molecule has 0 saturated heterocycles. The zero-order valence-electron chi connectivity index (χ0n) is 11.7. The summed E-state index contributed by atoms with van der Waals surface area (Å²) in [4.78, 5) is 28.4. The van der Waals surface area contributed by atoms with Crippen LogP contribution in [0.4, 0.5) is 11.5 Å². The third-order valence-corrected chi connectivity index (χ3v) is 3.10. The number of carboxylic acids is 1. The molecule has 2 aromatic rings. The number of rotatable bonds is 4. The number of benzene rings is 1. The molecule has 0 atom stereocenters. The number of pyridine rings is 1. The van der Waals surface area contributed by atoms with E-state index in [2.05, 4.69) is 4.98 Å². The lowest BCUT2D eigenvalue weighted by atomic mass is 10.1. The van der Waals surface area contributed by atoms with Crippen LogP contribution < -0.4 is 10.6 Å². The maximum absolute atomic E-state index is 11.5. The van der Waals surface area contributed by atoms with Crippen molar-refractivity contribution < 1.29 is 14.7 Å². The third kappa shape index (κ3) is 3.00. The van der Waals surface area contributed by atoms with E-state index in [0.717, 1.165) is 5.69 Å². The average Bonchev–Trinajstić information content (AvgIpc) is 2.46. The minimum Gasteiger partial charge on any atom is -0.478 e. The van der Waals surface area contributed by atoms with Gasteiger partial charge < -0.3 is 15.7 Å². The zero-order valence-corrected chi connectivity index (χ0v) is 11.7. The molecule has 0 unspecified atom stereocenters. The Morgan fingerprint density at radius 2 is 1.76 bits per heavy atom. The van der Waals surface area contributed by atoms with Crippen LogP contribution in [0.25, 0.3) is 0 Å². The van der Waals surface area contributed by atoms with Crippen LogP contribution in [0.5, 0.6) is 0 Å². The minimum absolute atomic E-state index is 0.194. The van der Waals surface area contributed by atoms with Crippen molar-refractivity contribution in [3.05, 3.63) is 53.2 Å². The minimum atomic E-state index is -0.990. The molecule has 0 aliphatic carbocycles. The van der Waals surface area contributed by atoms with Crippen molar-refractivity contribution in [3.63, 3.8) is 0 Å². The van der Waals surface area contributed by atoms with Crippen molar-refractivity contribution in [2.24, 2.45) is 5.73 Å². The molecule has 0 spiro atoms. The predicted octanol–water partition coefficient (Wildman–Crippen LogP) is 1.96. The van der Waals surface area contributed by atoms with Crippen molar-refractivity contribution in [2.45, 2.75) is 6.92 Å². The number of carbonyl (C=O) groups is 2. The van der Waals surface area contributed by atoms with Gasteiger partial charge in [0.1, 0.15) is 5.82 Å². The van der Waals surface area contributed by atoms with E-state index < -0.39 is 11.9 Å². The lowest BCUT2D eigenvalue weighted by Crippen LogP contribution is -2.20. The van der Waals surface area contributed by atoms with E-state index in [1.807, 2.05) is 6.92 Å². The number of nitrogens with two attached hydrogens (primary N) is 1. The molecular weight excluding hydrogens is 270 g/mol. The molecule has 1 heterocycles. The van der Waals surface area contributed by atoms with E-state index in [1.165, 1.54) is 12.1 Å². The molecule has 108 valence electrons. The Balaban J connectivity index is 2.44. The number of aromatic carboxylic acids is 1. The van der Waals surface area contributed by atoms with Gasteiger partial charge in [0.25, 0.3) is 5.91 Å². The second kappa shape index (κ2) is 5.62. The molecule has 0 bridgehead atoms. The second-order valence-corrected chi connectivity index (χ2v) is 4.60. The highest BCUT2D eigenvalue weighted by Crippen LogP contribution is 2.25. The smallest absolute Gasteiger partial charge is 0.335 e. The van der Waals surface area contributed by atoms with Crippen LogP contribution in [0.15, 0.2) is 36.4 Å². The molecule has 6 heteroatoms. The topological polar surface area (TPSA) is 96.5 Å². The van der Waals surface area contributed by atoms with Crippen LogP contribution >= 0.6 is 0 Å². The van der Waals surface area contributed by atoms with Crippen molar-refractivity contribution in [1.82, 2.24) is 4.98 Å². The quantitative estimate of drug-likeness (QED) is 0.895. The van der Waals surface area contributed by atoms with Gasteiger partial charge in [-0.2, -0.15) is 0 Å². The van der Waals surface area contributed by atoms with Gasteiger partial charge in [0.2, 0.25) is 0 Å². The van der Waals surface area contributed by atoms with E-state index in [-0.39, 0.29) is 5.56 Å². The SMILES string of the molecule is Cc1ccc(C(N)=O)c(N(C)c2ccc(C(=O)O)cc2)n1. The predicted molar refractivity (Wildman–Crippen MR) is 79.0 cm³/mol. The first-order chi connectivity index (χ1) is 9.90. The molecular formula is C15H15N3O3. The highest BCUT2D eigenvalue weighted by atomic mass is 16.4. The lowest BCUT2D eigenvalue weighted by Gasteiger charge is -2.21. The number of carbonyl (C=O) groups excluding carboxylic acids is 1. The van der Waals surface area contributed by atoms with Gasteiger partial charge in [0.15, 0.2) is 0 Å². The van der Waals surface area contributed by atoms with E-state index in [0.29, 0.717) is 17.1 Å². The highest BCUT2D eigenvalue weighted by Gasteiger charge is 2.15. The standard InChI is InChI=1S/C15H15N3O3/c1-9-3-8-12(13(16)19)14(17-9)18(2)11-6-4-10(5-7-11)15(20)21/h3-8H,1-2H3,(H2,16,19)(H,20,21). The molecule has 3 N–H and O–H groups in total. The monoisotopic (exact) mass is 285 g/mol. The molecule has 0 saturated carbocycles. The van der Waals surface area contributed by atoms with E-state index in [1.54, 1.807) is 36.2 Å². The maximum Gasteiger partial charge on any atom is 0.335 e. The van der Waals surface area contributed by atoms with Crippen LogP contribution in [-0.4, -0.2) is 29.0 Å². The maximum atomic E-state index is 11.5. The van der Waals surface area contributed by atoms with Crippen LogP contribution in [0.2, 0.25) is 0 Å². The Hall–Kier alpha value is -2.89. The van der Waals surface area contributed by atoms with Gasteiger partial charge in [-0.15, -0.1) is 0 Å². The van der Waals surface area contributed by atoms with Gasteiger partial charge in [-0.25, -0.2) is 9.78 Å². The molecule has 1 amide bonds. The lowest BCUT2D eigenvalue weighted by molar-refractivity contribution is 0.0696. The van der Waals surface area contributed by atoms with Gasteiger partial charge in [-0.3, -0.25) is 4.79 Å². The number of primary amides is 1. The molecule has 2 rings (SSSR count). The Labute approximate surface area is 121 Å². The third-order valence-electron chi connectivity index (χ3n) is 3.10.